The topological polar surface area (TPSA) is 67.4 Å². The van der Waals surface area contributed by atoms with Crippen LogP contribution in [-0.4, -0.2) is 50.0 Å². The Labute approximate surface area is 130 Å². The van der Waals surface area contributed by atoms with Gasteiger partial charge >= 0.3 is 6.61 Å². The first-order valence-electron chi connectivity index (χ1n) is 7.25. The summed E-state index contributed by atoms with van der Waals surface area (Å²) in [4.78, 5) is 7.91. The predicted octanol–water partition coefficient (Wildman–Crippen LogP) is 2.03. The summed E-state index contributed by atoms with van der Waals surface area (Å²) in [5, 5.41) is 3.16. The Hall–Kier alpha value is -1.35. The molecule has 1 atom stereocenters. The summed E-state index contributed by atoms with van der Waals surface area (Å²) in [5.41, 5.74) is 0. The third-order valence-electron chi connectivity index (χ3n) is 3.31. The van der Waals surface area contributed by atoms with Crippen molar-refractivity contribution < 1.29 is 17.7 Å². The third kappa shape index (κ3) is 5.13. The molecule has 9 heteroatoms. The standard InChI is InChI=1S/C13H20F2N4O2S/c1-2-7-22(20)19-5-3-10(4-6-19)18-13-16-8-11(9-17-13)21-12(14)15/h8-10,12H,2-7H2,1H3,(H,16,17,18). The second kappa shape index (κ2) is 8.33. The van der Waals surface area contributed by atoms with Gasteiger partial charge in [0.2, 0.25) is 5.95 Å². The number of rotatable bonds is 7. The zero-order chi connectivity index (χ0) is 15.9. The van der Waals surface area contributed by atoms with Gasteiger partial charge in [-0.2, -0.15) is 8.78 Å². The monoisotopic (exact) mass is 334 g/mol. The maximum absolute atomic E-state index is 12.0. The molecule has 1 N–H and O–H groups in total. The predicted molar refractivity (Wildman–Crippen MR) is 80.2 cm³/mol. The van der Waals surface area contributed by atoms with E-state index in [9.17, 15) is 13.0 Å². The number of hydrogen-bond acceptors (Lipinski definition) is 5. The second-order valence-electron chi connectivity index (χ2n) is 4.99. The summed E-state index contributed by atoms with van der Waals surface area (Å²) in [7, 11) is -0.890. The smallest absolute Gasteiger partial charge is 0.387 e. The van der Waals surface area contributed by atoms with E-state index in [0.717, 1.165) is 32.4 Å². The second-order valence-corrected chi connectivity index (χ2v) is 6.56. The molecule has 0 saturated carbocycles. The van der Waals surface area contributed by atoms with Gasteiger partial charge in [0, 0.05) is 24.9 Å². The van der Waals surface area contributed by atoms with E-state index in [1.807, 2.05) is 11.2 Å². The summed E-state index contributed by atoms with van der Waals surface area (Å²) in [6, 6.07) is 0.191. The molecule has 2 rings (SSSR count). The first-order chi connectivity index (χ1) is 10.6. The normalized spacial score (nSPS) is 18.4. The summed E-state index contributed by atoms with van der Waals surface area (Å²) in [6.07, 6.45) is 5.02. The van der Waals surface area contributed by atoms with Crippen molar-refractivity contribution in [2.75, 3.05) is 24.2 Å². The highest BCUT2D eigenvalue weighted by Crippen LogP contribution is 2.17. The molecule has 0 bridgehead atoms. The van der Waals surface area contributed by atoms with Gasteiger partial charge in [-0.15, -0.1) is 0 Å². The number of nitrogens with zero attached hydrogens (tertiary/aromatic N) is 3. The molecular formula is C13H20F2N4O2S. The van der Waals surface area contributed by atoms with Crippen molar-refractivity contribution in [3.05, 3.63) is 12.4 Å². The zero-order valence-electron chi connectivity index (χ0n) is 12.4. The molecular weight excluding hydrogens is 314 g/mol. The van der Waals surface area contributed by atoms with Crippen LogP contribution >= 0.6 is 0 Å². The molecule has 6 nitrogen and oxygen atoms in total. The van der Waals surface area contributed by atoms with E-state index >= 15 is 0 Å². The van der Waals surface area contributed by atoms with Gasteiger partial charge in [0.05, 0.1) is 23.4 Å². The minimum atomic E-state index is -2.88. The highest BCUT2D eigenvalue weighted by molar-refractivity contribution is 7.82. The van der Waals surface area contributed by atoms with Gasteiger partial charge in [0.15, 0.2) is 5.75 Å². The van der Waals surface area contributed by atoms with E-state index in [4.69, 9.17) is 0 Å². The van der Waals surface area contributed by atoms with Gasteiger partial charge in [-0.05, 0) is 19.3 Å². The van der Waals surface area contributed by atoms with Crippen LogP contribution in [0.1, 0.15) is 26.2 Å². The van der Waals surface area contributed by atoms with E-state index in [2.05, 4.69) is 20.0 Å². The van der Waals surface area contributed by atoms with Crippen LogP contribution in [-0.2, 0) is 11.0 Å². The van der Waals surface area contributed by atoms with Gasteiger partial charge in [0.25, 0.3) is 0 Å². The number of ether oxygens (including phenoxy) is 1. The zero-order valence-corrected chi connectivity index (χ0v) is 13.2. The third-order valence-corrected chi connectivity index (χ3v) is 5.01. The minimum absolute atomic E-state index is 0.0645. The van der Waals surface area contributed by atoms with Gasteiger partial charge in [0.1, 0.15) is 0 Å². The van der Waals surface area contributed by atoms with Crippen molar-refractivity contribution in [1.82, 2.24) is 14.3 Å². The van der Waals surface area contributed by atoms with Crippen molar-refractivity contribution in [2.45, 2.75) is 38.8 Å². The fraction of sp³-hybridized carbons (Fsp3) is 0.692. The Morgan fingerprint density at radius 2 is 2.05 bits per heavy atom. The van der Waals surface area contributed by atoms with Crippen LogP contribution in [0.2, 0.25) is 0 Å². The molecule has 124 valence electrons. The van der Waals surface area contributed by atoms with Crippen LogP contribution in [0.25, 0.3) is 0 Å². The van der Waals surface area contributed by atoms with Gasteiger partial charge in [-0.25, -0.2) is 18.5 Å². The van der Waals surface area contributed by atoms with E-state index in [1.54, 1.807) is 0 Å². The van der Waals surface area contributed by atoms with Gasteiger partial charge in [-0.1, -0.05) is 6.92 Å². The van der Waals surface area contributed by atoms with Crippen molar-refractivity contribution in [3.8, 4) is 5.75 Å². The number of alkyl halides is 2. The average Bonchev–Trinajstić information content (AvgIpc) is 2.50. The molecule has 0 aromatic carbocycles. The summed E-state index contributed by atoms with van der Waals surface area (Å²) in [6.45, 7) is 0.661. The van der Waals surface area contributed by atoms with E-state index in [0.29, 0.717) is 11.7 Å². The van der Waals surface area contributed by atoms with Crippen LogP contribution in [0.4, 0.5) is 14.7 Å². The van der Waals surface area contributed by atoms with E-state index < -0.39 is 17.6 Å². The Bertz CT molecular complexity index is 481. The Morgan fingerprint density at radius 3 is 2.59 bits per heavy atom. The van der Waals surface area contributed by atoms with Crippen LogP contribution in [0.15, 0.2) is 12.4 Å². The van der Waals surface area contributed by atoms with Gasteiger partial charge in [-0.3, -0.25) is 0 Å². The van der Waals surface area contributed by atoms with Gasteiger partial charge < -0.3 is 10.1 Å². The molecule has 1 aliphatic rings. The van der Waals surface area contributed by atoms with Crippen LogP contribution in [0.3, 0.4) is 0 Å². The quantitative estimate of drug-likeness (QED) is 0.826. The molecule has 0 aliphatic carbocycles. The molecule has 22 heavy (non-hydrogen) atoms. The highest BCUT2D eigenvalue weighted by Gasteiger charge is 2.22. The molecule has 1 aromatic rings. The first-order valence-corrected chi connectivity index (χ1v) is 8.53. The molecule has 0 spiro atoms. The van der Waals surface area contributed by atoms with Crippen molar-refractivity contribution in [3.63, 3.8) is 0 Å². The number of aromatic nitrogens is 2. The molecule has 1 saturated heterocycles. The summed E-state index contributed by atoms with van der Waals surface area (Å²) >= 11 is 0. The lowest BCUT2D eigenvalue weighted by Crippen LogP contribution is -2.40. The molecule has 1 aliphatic heterocycles. The Morgan fingerprint density at radius 1 is 1.41 bits per heavy atom. The lowest BCUT2D eigenvalue weighted by atomic mass is 10.1. The van der Waals surface area contributed by atoms with E-state index in [1.165, 1.54) is 12.4 Å². The van der Waals surface area contributed by atoms with Crippen LogP contribution in [0, 0.1) is 0 Å². The molecule has 1 fully saturated rings. The molecule has 1 unspecified atom stereocenters. The first kappa shape index (κ1) is 17.0. The molecule has 0 radical (unpaired) electrons. The lowest BCUT2D eigenvalue weighted by Gasteiger charge is -2.31. The summed E-state index contributed by atoms with van der Waals surface area (Å²) in [5.74, 6) is 1.02. The largest absolute Gasteiger partial charge is 0.432 e. The van der Waals surface area contributed by atoms with E-state index in [-0.39, 0.29) is 11.8 Å². The SMILES string of the molecule is CCCS(=O)N1CCC(Nc2ncc(OC(F)F)cn2)CC1. The van der Waals surface area contributed by atoms with Crippen LogP contribution in [0.5, 0.6) is 5.75 Å². The average molecular weight is 334 g/mol. The molecule has 2 heterocycles. The number of piperidine rings is 1. The maximum Gasteiger partial charge on any atom is 0.387 e. The van der Waals surface area contributed by atoms with Crippen molar-refractivity contribution in [1.29, 1.82) is 0 Å². The lowest BCUT2D eigenvalue weighted by molar-refractivity contribution is -0.0503. The fourth-order valence-electron chi connectivity index (χ4n) is 2.24. The maximum atomic E-state index is 12.0. The summed E-state index contributed by atoms with van der Waals surface area (Å²) < 4.78 is 42.1. The number of anilines is 1. The Kier molecular flexibility index (Phi) is 6.44. The fourth-order valence-corrected chi connectivity index (χ4v) is 3.47. The van der Waals surface area contributed by atoms with Crippen molar-refractivity contribution >= 4 is 16.9 Å². The van der Waals surface area contributed by atoms with Crippen LogP contribution < -0.4 is 10.1 Å². The highest BCUT2D eigenvalue weighted by atomic mass is 32.2. The molecule has 1 aromatic heterocycles. The van der Waals surface area contributed by atoms with Crippen molar-refractivity contribution in [2.24, 2.45) is 0 Å². The Balaban J connectivity index is 1.79. The number of nitrogens with one attached hydrogen (secondary N) is 1. The molecule has 0 amide bonds. The number of halogens is 2. The minimum Gasteiger partial charge on any atom is -0.432 e. The number of hydrogen-bond donors (Lipinski definition) is 1.